The standard InChI is InChI=1S/C11H12Cl2N4O3/c1-19-4-5-20-7-17-10(13)6-8(18)11(15-17)16-3-2-9(12)14-16/h2-3,6H,4-5,7H2,1H3. The van der Waals surface area contributed by atoms with Gasteiger partial charge in [-0.25, -0.2) is 9.36 Å². The van der Waals surface area contributed by atoms with Gasteiger partial charge in [-0.05, 0) is 6.07 Å². The summed E-state index contributed by atoms with van der Waals surface area (Å²) >= 11 is 11.7. The molecule has 108 valence electrons. The second kappa shape index (κ2) is 6.85. The molecule has 0 aliphatic heterocycles. The van der Waals surface area contributed by atoms with Gasteiger partial charge in [-0.2, -0.15) is 5.10 Å². The van der Waals surface area contributed by atoms with Crippen LogP contribution in [0, 0.1) is 0 Å². The van der Waals surface area contributed by atoms with Crippen LogP contribution in [-0.4, -0.2) is 39.9 Å². The fraction of sp³-hybridized carbons (Fsp3) is 0.364. The van der Waals surface area contributed by atoms with Crippen LogP contribution in [0.15, 0.2) is 23.1 Å². The van der Waals surface area contributed by atoms with Crippen LogP contribution in [0.2, 0.25) is 10.3 Å². The normalized spacial score (nSPS) is 10.9. The summed E-state index contributed by atoms with van der Waals surface area (Å²) in [6.45, 7) is 0.952. The van der Waals surface area contributed by atoms with E-state index in [1.54, 1.807) is 13.2 Å². The topological polar surface area (TPSA) is 71.2 Å². The first-order valence-electron chi connectivity index (χ1n) is 5.67. The molecule has 2 heterocycles. The average molecular weight is 319 g/mol. The molecule has 9 heteroatoms. The summed E-state index contributed by atoms with van der Waals surface area (Å²) < 4.78 is 12.8. The lowest BCUT2D eigenvalue weighted by molar-refractivity contribution is 0.0282. The lowest BCUT2D eigenvalue weighted by atomic mass is 10.5. The summed E-state index contributed by atoms with van der Waals surface area (Å²) in [5, 5.41) is 8.47. The fourth-order valence-corrected chi connectivity index (χ4v) is 1.74. The summed E-state index contributed by atoms with van der Waals surface area (Å²) in [6.07, 6.45) is 1.54. The van der Waals surface area contributed by atoms with E-state index >= 15 is 0 Å². The van der Waals surface area contributed by atoms with Crippen LogP contribution >= 0.6 is 23.2 Å². The van der Waals surface area contributed by atoms with Crippen molar-refractivity contribution >= 4 is 23.2 Å². The van der Waals surface area contributed by atoms with E-state index in [-0.39, 0.29) is 28.3 Å². The van der Waals surface area contributed by atoms with E-state index < -0.39 is 0 Å². The van der Waals surface area contributed by atoms with Crippen molar-refractivity contribution < 1.29 is 9.47 Å². The molecule has 0 unspecified atom stereocenters. The minimum Gasteiger partial charge on any atom is -0.382 e. The number of methoxy groups -OCH3 is 1. The number of rotatable bonds is 6. The number of aromatic nitrogens is 4. The Balaban J connectivity index is 2.23. The first kappa shape index (κ1) is 15.0. The maximum Gasteiger partial charge on any atom is 0.227 e. The molecule has 0 fully saturated rings. The molecular weight excluding hydrogens is 307 g/mol. The monoisotopic (exact) mass is 318 g/mol. The number of hydrogen-bond acceptors (Lipinski definition) is 5. The van der Waals surface area contributed by atoms with Crippen LogP contribution in [-0.2, 0) is 16.2 Å². The van der Waals surface area contributed by atoms with Gasteiger partial charge in [0, 0.05) is 19.4 Å². The molecule has 0 N–H and O–H groups in total. The predicted octanol–water partition coefficient (Wildman–Crippen LogP) is 1.36. The molecule has 0 amide bonds. The summed E-state index contributed by atoms with van der Waals surface area (Å²) in [5.74, 6) is 0.0941. The number of hydrogen-bond donors (Lipinski definition) is 0. The molecule has 20 heavy (non-hydrogen) atoms. The Labute approximate surface area is 124 Å². The zero-order chi connectivity index (χ0) is 14.5. The number of nitrogens with zero attached hydrogens (tertiary/aromatic N) is 4. The molecule has 0 aliphatic carbocycles. The van der Waals surface area contributed by atoms with Gasteiger partial charge >= 0.3 is 0 Å². The van der Waals surface area contributed by atoms with Gasteiger partial charge in [-0.3, -0.25) is 4.79 Å². The third kappa shape index (κ3) is 3.57. The molecule has 7 nitrogen and oxygen atoms in total. The highest BCUT2D eigenvalue weighted by molar-refractivity contribution is 6.29. The molecule has 2 aromatic heterocycles. The van der Waals surface area contributed by atoms with Gasteiger partial charge in [-0.1, -0.05) is 23.2 Å². The third-order valence-electron chi connectivity index (χ3n) is 2.35. The first-order valence-corrected chi connectivity index (χ1v) is 6.43. The van der Waals surface area contributed by atoms with Crippen LogP contribution in [0.1, 0.15) is 0 Å². The van der Waals surface area contributed by atoms with Crippen LogP contribution in [0.3, 0.4) is 0 Å². The van der Waals surface area contributed by atoms with Crippen LogP contribution in [0.25, 0.3) is 5.82 Å². The van der Waals surface area contributed by atoms with Crippen LogP contribution in [0.4, 0.5) is 0 Å². The zero-order valence-electron chi connectivity index (χ0n) is 10.6. The van der Waals surface area contributed by atoms with E-state index in [9.17, 15) is 4.79 Å². The second-order valence-electron chi connectivity index (χ2n) is 3.77. The predicted molar refractivity (Wildman–Crippen MR) is 73.5 cm³/mol. The minimum absolute atomic E-state index is 0.0941. The Morgan fingerprint density at radius 2 is 2.10 bits per heavy atom. The maximum absolute atomic E-state index is 11.9. The number of ether oxygens (including phenoxy) is 2. The SMILES string of the molecule is COCCOCn1nc(-n2ccc(Cl)n2)c(=O)cc1Cl. The summed E-state index contributed by atoms with van der Waals surface area (Å²) in [6, 6.07) is 2.80. The van der Waals surface area contributed by atoms with E-state index in [1.165, 1.54) is 21.6 Å². The van der Waals surface area contributed by atoms with E-state index in [4.69, 9.17) is 32.7 Å². The Hall–Kier alpha value is -1.41. The van der Waals surface area contributed by atoms with Crippen LogP contribution < -0.4 is 5.43 Å². The molecule has 0 bridgehead atoms. The van der Waals surface area contributed by atoms with Crippen molar-refractivity contribution in [2.45, 2.75) is 6.73 Å². The Morgan fingerprint density at radius 3 is 2.75 bits per heavy atom. The van der Waals surface area contributed by atoms with Gasteiger partial charge in [0.25, 0.3) is 0 Å². The molecule has 0 aromatic carbocycles. The highest BCUT2D eigenvalue weighted by Gasteiger charge is 2.10. The summed E-state index contributed by atoms with van der Waals surface area (Å²) in [7, 11) is 1.58. The van der Waals surface area contributed by atoms with Gasteiger partial charge in [0.2, 0.25) is 11.2 Å². The van der Waals surface area contributed by atoms with Gasteiger partial charge in [0.15, 0.2) is 5.15 Å². The fourth-order valence-electron chi connectivity index (χ4n) is 1.42. The van der Waals surface area contributed by atoms with Crippen molar-refractivity contribution in [2.75, 3.05) is 20.3 Å². The smallest absolute Gasteiger partial charge is 0.227 e. The average Bonchev–Trinajstić information content (AvgIpc) is 2.83. The molecule has 2 rings (SSSR count). The highest BCUT2D eigenvalue weighted by Crippen LogP contribution is 2.09. The van der Waals surface area contributed by atoms with Crippen molar-refractivity contribution in [3.05, 3.63) is 38.9 Å². The molecule has 0 atom stereocenters. The van der Waals surface area contributed by atoms with Gasteiger partial charge in [0.1, 0.15) is 11.9 Å². The van der Waals surface area contributed by atoms with Gasteiger partial charge in [0.05, 0.1) is 13.2 Å². The summed E-state index contributed by atoms with van der Waals surface area (Å²) in [4.78, 5) is 11.9. The molecule has 0 saturated heterocycles. The summed E-state index contributed by atoms with van der Waals surface area (Å²) in [5.41, 5.74) is -0.358. The largest absolute Gasteiger partial charge is 0.382 e. The van der Waals surface area contributed by atoms with E-state index in [1.807, 2.05) is 0 Å². The molecular formula is C11H12Cl2N4O3. The Morgan fingerprint density at radius 1 is 1.30 bits per heavy atom. The quantitative estimate of drug-likeness (QED) is 0.752. The lowest BCUT2D eigenvalue weighted by Gasteiger charge is -2.10. The van der Waals surface area contributed by atoms with Crippen molar-refractivity contribution in [2.24, 2.45) is 0 Å². The van der Waals surface area contributed by atoms with E-state index in [0.717, 1.165) is 0 Å². The minimum atomic E-state index is -0.358. The number of halogens is 2. The van der Waals surface area contributed by atoms with Gasteiger partial charge in [-0.15, -0.1) is 5.10 Å². The van der Waals surface area contributed by atoms with Crippen molar-refractivity contribution in [3.63, 3.8) is 0 Å². The first-order chi connectivity index (χ1) is 9.61. The van der Waals surface area contributed by atoms with Crippen molar-refractivity contribution in [3.8, 4) is 5.82 Å². The highest BCUT2D eigenvalue weighted by atomic mass is 35.5. The molecule has 0 aliphatic rings. The van der Waals surface area contributed by atoms with Gasteiger partial charge < -0.3 is 9.47 Å². The lowest BCUT2D eigenvalue weighted by Crippen LogP contribution is -2.21. The molecule has 2 aromatic rings. The molecule has 0 radical (unpaired) electrons. The zero-order valence-corrected chi connectivity index (χ0v) is 12.1. The van der Waals surface area contributed by atoms with E-state index in [2.05, 4.69) is 10.2 Å². The Kier molecular flexibility index (Phi) is 5.13. The van der Waals surface area contributed by atoms with E-state index in [0.29, 0.717) is 13.2 Å². The Bertz CT molecular complexity index is 641. The molecule has 0 saturated carbocycles. The third-order valence-corrected chi connectivity index (χ3v) is 2.86. The molecule has 0 spiro atoms. The van der Waals surface area contributed by atoms with Crippen molar-refractivity contribution in [1.82, 2.24) is 19.6 Å². The van der Waals surface area contributed by atoms with Crippen LogP contribution in [0.5, 0.6) is 0 Å². The maximum atomic E-state index is 11.9. The van der Waals surface area contributed by atoms with Crippen molar-refractivity contribution in [1.29, 1.82) is 0 Å². The second-order valence-corrected chi connectivity index (χ2v) is 4.54.